The Balaban J connectivity index is 2.76. The van der Waals surface area contributed by atoms with Gasteiger partial charge in [-0.05, 0) is 19.1 Å². The van der Waals surface area contributed by atoms with Crippen LogP contribution in [0.1, 0.15) is 17.4 Å². The molecule has 5 heteroatoms. The molecule has 0 spiro atoms. The molecule has 0 bridgehead atoms. The lowest BCUT2D eigenvalue weighted by Crippen LogP contribution is -2.22. The third-order valence-electron chi connectivity index (χ3n) is 1.10. The van der Waals surface area contributed by atoms with Crippen molar-refractivity contribution >= 4 is 29.5 Å². The van der Waals surface area contributed by atoms with E-state index in [-0.39, 0.29) is 5.91 Å². The normalized spacial score (nSPS) is 9.55. The zero-order chi connectivity index (χ0) is 8.27. The van der Waals surface area contributed by atoms with Gasteiger partial charge in [0.05, 0.1) is 0 Å². The molecule has 0 unspecified atom stereocenters. The van der Waals surface area contributed by atoms with E-state index in [1.807, 2.05) is 6.92 Å². The molecule has 0 saturated carbocycles. The Kier molecular flexibility index (Phi) is 2.78. The highest BCUT2D eigenvalue weighted by Crippen LogP contribution is 2.03. The Morgan fingerprint density at radius 2 is 2.64 bits per heavy atom. The smallest absolute Gasteiger partial charge is 0.268 e. The van der Waals surface area contributed by atoms with Gasteiger partial charge in [0, 0.05) is 11.9 Å². The van der Waals surface area contributed by atoms with Crippen LogP contribution in [0.3, 0.4) is 0 Å². The molecule has 0 atom stereocenters. The monoisotopic (exact) mass is 188 g/mol. The maximum atomic E-state index is 11.1. The van der Waals surface area contributed by atoms with E-state index in [1.165, 1.54) is 11.3 Å². The second-order valence-corrected chi connectivity index (χ2v) is 3.47. The highest BCUT2D eigenvalue weighted by atomic mass is 32.1. The molecule has 0 saturated heterocycles. The number of hydrogen-bond acceptors (Lipinski definition) is 3. The minimum absolute atomic E-state index is 0.0974. The molecule has 0 aliphatic rings. The van der Waals surface area contributed by atoms with Crippen LogP contribution in [0.5, 0.6) is 0 Å². The predicted octanol–water partition coefficient (Wildman–Crippen LogP) is 1.56. The summed E-state index contributed by atoms with van der Waals surface area (Å²) >= 11 is 6.18. The zero-order valence-corrected chi connectivity index (χ0v) is 7.64. The van der Waals surface area contributed by atoms with E-state index in [0.717, 1.165) is 0 Å². The molecule has 1 aromatic heterocycles. The summed E-state index contributed by atoms with van der Waals surface area (Å²) in [6.45, 7) is 2.51. The van der Waals surface area contributed by atoms with Crippen molar-refractivity contribution < 1.29 is 4.79 Å². The molecule has 0 aromatic carbocycles. The number of amides is 1. The van der Waals surface area contributed by atoms with E-state index in [0.29, 0.717) is 16.2 Å². The molecule has 2 N–H and O–H groups in total. The van der Waals surface area contributed by atoms with Crippen LogP contribution in [0.4, 0.5) is 0 Å². The van der Waals surface area contributed by atoms with Crippen molar-refractivity contribution in [1.82, 2.24) is 10.3 Å². The minimum atomic E-state index is -0.0974. The van der Waals surface area contributed by atoms with Gasteiger partial charge in [-0.25, -0.2) is 0 Å². The number of carbonyl (C=O) groups excluding carboxylic acids is 1. The van der Waals surface area contributed by atoms with Gasteiger partial charge in [0.1, 0.15) is 5.69 Å². The van der Waals surface area contributed by atoms with Gasteiger partial charge >= 0.3 is 0 Å². The van der Waals surface area contributed by atoms with Gasteiger partial charge in [-0.2, -0.15) is 0 Å². The fourth-order valence-corrected chi connectivity index (χ4v) is 1.46. The molecule has 1 heterocycles. The van der Waals surface area contributed by atoms with Crippen LogP contribution >= 0.6 is 23.6 Å². The third-order valence-corrected chi connectivity index (χ3v) is 2.16. The second-order valence-electron chi connectivity index (χ2n) is 1.92. The average Bonchev–Trinajstić information content (AvgIpc) is 2.36. The molecule has 1 rings (SSSR count). The van der Waals surface area contributed by atoms with Gasteiger partial charge in [0.15, 0.2) is 3.95 Å². The van der Waals surface area contributed by atoms with Crippen LogP contribution in [-0.2, 0) is 0 Å². The Morgan fingerprint density at radius 3 is 3.09 bits per heavy atom. The quantitative estimate of drug-likeness (QED) is 0.692. The number of aromatic nitrogens is 1. The van der Waals surface area contributed by atoms with Crippen molar-refractivity contribution in [2.45, 2.75) is 6.92 Å². The first kappa shape index (κ1) is 8.42. The minimum Gasteiger partial charge on any atom is -0.351 e. The van der Waals surface area contributed by atoms with Crippen molar-refractivity contribution in [2.24, 2.45) is 0 Å². The van der Waals surface area contributed by atoms with Crippen molar-refractivity contribution in [1.29, 1.82) is 0 Å². The predicted molar refractivity (Wildman–Crippen MR) is 47.5 cm³/mol. The number of carbonyl (C=O) groups is 1. The molecule has 0 fully saturated rings. The van der Waals surface area contributed by atoms with Crippen LogP contribution in [-0.4, -0.2) is 17.4 Å². The van der Waals surface area contributed by atoms with E-state index in [4.69, 9.17) is 12.2 Å². The number of rotatable bonds is 2. The summed E-state index contributed by atoms with van der Waals surface area (Å²) in [5.41, 5.74) is 0.543. The Hall–Kier alpha value is -0.680. The van der Waals surface area contributed by atoms with Crippen LogP contribution in [0, 0.1) is 3.95 Å². The summed E-state index contributed by atoms with van der Waals surface area (Å²) in [6.07, 6.45) is 0. The van der Waals surface area contributed by atoms with Gasteiger partial charge in [-0.15, -0.1) is 11.3 Å². The first-order chi connectivity index (χ1) is 5.24. The summed E-state index contributed by atoms with van der Waals surface area (Å²) in [5, 5.41) is 4.38. The highest BCUT2D eigenvalue weighted by molar-refractivity contribution is 7.73. The molecule has 1 amide bonds. The van der Waals surface area contributed by atoms with E-state index in [2.05, 4.69) is 10.3 Å². The van der Waals surface area contributed by atoms with Gasteiger partial charge in [0.2, 0.25) is 0 Å². The topological polar surface area (TPSA) is 44.9 Å². The molecule has 11 heavy (non-hydrogen) atoms. The molecule has 1 aromatic rings. The average molecular weight is 188 g/mol. The van der Waals surface area contributed by atoms with Crippen LogP contribution in [0.25, 0.3) is 0 Å². The Bertz CT molecular complexity index is 302. The SMILES string of the molecule is CCNC(=O)c1csc(=S)[nH]1. The Morgan fingerprint density at radius 1 is 1.91 bits per heavy atom. The number of aromatic amines is 1. The maximum absolute atomic E-state index is 11.1. The number of hydrogen-bond donors (Lipinski definition) is 2. The molecule has 0 aliphatic carbocycles. The first-order valence-electron chi connectivity index (χ1n) is 3.20. The summed E-state index contributed by atoms with van der Waals surface area (Å²) in [7, 11) is 0. The number of thiazole rings is 1. The molecular formula is C6H8N2OS2. The summed E-state index contributed by atoms with van der Waals surface area (Å²) < 4.78 is 0.631. The summed E-state index contributed by atoms with van der Waals surface area (Å²) in [4.78, 5) is 13.9. The molecule has 0 aliphatic heterocycles. The maximum Gasteiger partial charge on any atom is 0.268 e. The van der Waals surface area contributed by atoms with Gasteiger partial charge in [0.25, 0.3) is 5.91 Å². The highest BCUT2D eigenvalue weighted by Gasteiger charge is 2.03. The molecule has 60 valence electrons. The standard InChI is InChI=1S/C6H8N2OS2/c1-2-7-5(9)4-3-11-6(10)8-4/h3H,2H2,1H3,(H,7,9)(H,8,10). The zero-order valence-electron chi connectivity index (χ0n) is 6.01. The fourth-order valence-electron chi connectivity index (χ4n) is 0.647. The first-order valence-corrected chi connectivity index (χ1v) is 4.49. The number of nitrogens with one attached hydrogen (secondary N) is 2. The Labute approximate surface area is 73.5 Å². The lowest BCUT2D eigenvalue weighted by Gasteiger charge is -1.96. The van der Waals surface area contributed by atoms with E-state index in [9.17, 15) is 4.79 Å². The van der Waals surface area contributed by atoms with Crippen molar-refractivity contribution in [2.75, 3.05) is 6.54 Å². The van der Waals surface area contributed by atoms with Crippen molar-refractivity contribution in [3.63, 3.8) is 0 Å². The van der Waals surface area contributed by atoms with Crippen LogP contribution in [0.2, 0.25) is 0 Å². The molecule has 0 radical (unpaired) electrons. The largest absolute Gasteiger partial charge is 0.351 e. The van der Waals surface area contributed by atoms with Crippen LogP contribution in [0.15, 0.2) is 5.38 Å². The van der Waals surface area contributed by atoms with Gasteiger partial charge in [-0.3, -0.25) is 4.79 Å². The summed E-state index contributed by atoms with van der Waals surface area (Å²) in [5.74, 6) is -0.0974. The lowest BCUT2D eigenvalue weighted by molar-refractivity contribution is 0.0951. The van der Waals surface area contributed by atoms with Gasteiger partial charge in [-0.1, -0.05) is 0 Å². The lowest BCUT2D eigenvalue weighted by atomic mass is 10.4. The second kappa shape index (κ2) is 3.64. The van der Waals surface area contributed by atoms with Crippen LogP contribution < -0.4 is 5.32 Å². The molecular weight excluding hydrogens is 180 g/mol. The van der Waals surface area contributed by atoms with Crippen molar-refractivity contribution in [3.05, 3.63) is 15.0 Å². The summed E-state index contributed by atoms with van der Waals surface area (Å²) in [6, 6.07) is 0. The van der Waals surface area contributed by atoms with Crippen molar-refractivity contribution in [3.8, 4) is 0 Å². The van der Waals surface area contributed by atoms with E-state index in [1.54, 1.807) is 5.38 Å². The van der Waals surface area contributed by atoms with E-state index < -0.39 is 0 Å². The van der Waals surface area contributed by atoms with E-state index >= 15 is 0 Å². The van der Waals surface area contributed by atoms with Gasteiger partial charge < -0.3 is 10.3 Å². The number of H-pyrrole nitrogens is 1. The molecule has 3 nitrogen and oxygen atoms in total. The fraction of sp³-hybridized carbons (Fsp3) is 0.333. The third kappa shape index (κ3) is 2.13.